The van der Waals surface area contributed by atoms with Crippen LogP contribution in [0.5, 0.6) is 0 Å². The van der Waals surface area contributed by atoms with Gasteiger partial charge in [-0.25, -0.2) is 4.98 Å². The SMILES string of the molecule is CN1CCC(N(C)c2ncc3c(n2)Nc2ccc(NC(=O)C4CCCC4)cc2NC3=O)CC1. The van der Waals surface area contributed by atoms with E-state index >= 15 is 0 Å². The Morgan fingerprint density at radius 3 is 2.64 bits per heavy atom. The van der Waals surface area contributed by atoms with Crippen LogP contribution in [0.4, 0.5) is 28.8 Å². The van der Waals surface area contributed by atoms with Crippen molar-refractivity contribution in [1.29, 1.82) is 0 Å². The summed E-state index contributed by atoms with van der Waals surface area (Å²) in [6.07, 6.45) is 7.79. The molecule has 0 bridgehead atoms. The van der Waals surface area contributed by atoms with Crippen molar-refractivity contribution in [3.63, 3.8) is 0 Å². The molecule has 3 heterocycles. The van der Waals surface area contributed by atoms with Gasteiger partial charge in [0.1, 0.15) is 11.4 Å². The molecule has 1 saturated heterocycles. The average molecular weight is 450 g/mol. The third-order valence-electron chi connectivity index (χ3n) is 7.09. The molecular formula is C24H31N7O2. The Kier molecular flexibility index (Phi) is 5.88. The molecule has 0 unspecified atom stereocenters. The van der Waals surface area contributed by atoms with Gasteiger partial charge in [0.15, 0.2) is 0 Å². The van der Waals surface area contributed by atoms with E-state index in [-0.39, 0.29) is 17.7 Å². The molecule has 1 aromatic heterocycles. The molecule has 0 spiro atoms. The van der Waals surface area contributed by atoms with Crippen molar-refractivity contribution in [2.75, 3.05) is 48.0 Å². The Morgan fingerprint density at radius 2 is 1.88 bits per heavy atom. The summed E-state index contributed by atoms with van der Waals surface area (Å²) in [7, 11) is 4.16. The van der Waals surface area contributed by atoms with Crippen molar-refractivity contribution in [2.24, 2.45) is 5.92 Å². The minimum Gasteiger partial charge on any atom is -0.341 e. The molecule has 5 rings (SSSR count). The fraction of sp³-hybridized carbons (Fsp3) is 0.500. The number of piperidine rings is 1. The number of rotatable bonds is 4. The molecule has 1 aromatic carbocycles. The zero-order chi connectivity index (χ0) is 22.9. The van der Waals surface area contributed by atoms with Crippen molar-refractivity contribution in [2.45, 2.75) is 44.6 Å². The molecule has 9 nitrogen and oxygen atoms in total. The number of nitrogens with zero attached hydrogens (tertiary/aromatic N) is 4. The lowest BCUT2D eigenvalue weighted by molar-refractivity contribution is -0.119. The molecule has 9 heteroatoms. The van der Waals surface area contributed by atoms with Crippen LogP contribution < -0.4 is 20.9 Å². The Hall–Kier alpha value is -3.20. The number of anilines is 5. The van der Waals surface area contributed by atoms with Crippen LogP contribution in [-0.2, 0) is 4.79 Å². The molecule has 0 radical (unpaired) electrons. The van der Waals surface area contributed by atoms with E-state index < -0.39 is 0 Å². The van der Waals surface area contributed by atoms with Crippen molar-refractivity contribution in [3.8, 4) is 0 Å². The summed E-state index contributed by atoms with van der Waals surface area (Å²) in [5.41, 5.74) is 2.40. The first-order valence-corrected chi connectivity index (χ1v) is 11.8. The lowest BCUT2D eigenvalue weighted by Crippen LogP contribution is -2.42. The summed E-state index contributed by atoms with van der Waals surface area (Å²) in [5, 5.41) is 9.22. The second-order valence-electron chi connectivity index (χ2n) is 9.39. The van der Waals surface area contributed by atoms with Crippen LogP contribution in [0.15, 0.2) is 24.4 Å². The molecule has 3 aliphatic rings. The lowest BCUT2D eigenvalue weighted by Gasteiger charge is -2.35. The van der Waals surface area contributed by atoms with Gasteiger partial charge in [-0.1, -0.05) is 12.8 Å². The van der Waals surface area contributed by atoms with E-state index in [1.54, 1.807) is 12.3 Å². The highest BCUT2D eigenvalue weighted by atomic mass is 16.2. The second-order valence-corrected chi connectivity index (χ2v) is 9.39. The highest BCUT2D eigenvalue weighted by molar-refractivity contribution is 6.11. The third kappa shape index (κ3) is 4.50. The van der Waals surface area contributed by atoms with Crippen molar-refractivity contribution in [1.82, 2.24) is 14.9 Å². The molecule has 2 fully saturated rings. The summed E-state index contributed by atoms with van der Waals surface area (Å²) in [5.74, 6) is 0.947. The Bertz CT molecular complexity index is 1060. The smallest absolute Gasteiger partial charge is 0.261 e. The molecule has 1 saturated carbocycles. The number of likely N-dealkylation sites (tertiary alicyclic amines) is 1. The lowest BCUT2D eigenvalue weighted by atomic mass is 10.0. The molecule has 2 amide bonds. The molecule has 3 N–H and O–H groups in total. The zero-order valence-corrected chi connectivity index (χ0v) is 19.2. The van der Waals surface area contributed by atoms with Gasteiger partial charge in [0.25, 0.3) is 5.91 Å². The maximum Gasteiger partial charge on any atom is 0.261 e. The summed E-state index contributed by atoms with van der Waals surface area (Å²) in [4.78, 5) is 39.0. The fourth-order valence-electron chi connectivity index (χ4n) is 4.93. The molecule has 1 aliphatic carbocycles. The minimum atomic E-state index is -0.274. The number of fused-ring (bicyclic) bond motifs is 2. The fourth-order valence-corrected chi connectivity index (χ4v) is 4.93. The van der Waals surface area contributed by atoms with E-state index in [0.29, 0.717) is 34.7 Å². The van der Waals surface area contributed by atoms with Crippen LogP contribution in [0.3, 0.4) is 0 Å². The van der Waals surface area contributed by atoms with E-state index in [1.807, 2.05) is 19.2 Å². The first-order valence-electron chi connectivity index (χ1n) is 11.8. The van der Waals surface area contributed by atoms with Crippen molar-refractivity contribution in [3.05, 3.63) is 30.0 Å². The number of hydrogen-bond acceptors (Lipinski definition) is 7. The quantitative estimate of drug-likeness (QED) is 0.657. The Morgan fingerprint density at radius 1 is 1.12 bits per heavy atom. The van der Waals surface area contributed by atoms with Gasteiger partial charge >= 0.3 is 0 Å². The maximum atomic E-state index is 12.9. The van der Waals surface area contributed by atoms with Gasteiger partial charge in [0.05, 0.1) is 11.4 Å². The Labute approximate surface area is 194 Å². The summed E-state index contributed by atoms with van der Waals surface area (Å²) >= 11 is 0. The standard InChI is InChI=1S/C24H31N7O2/c1-30-11-9-17(10-12-30)31(2)24-25-14-18-21(29-24)27-19-8-7-16(13-20(19)28-23(18)33)26-22(32)15-5-3-4-6-15/h7-8,13-15,17H,3-6,9-12H2,1-2H3,(H,26,32)(H,28,33)(H,25,27,29). The van der Waals surface area contributed by atoms with E-state index in [2.05, 4.69) is 37.8 Å². The topological polar surface area (TPSA) is 102 Å². The van der Waals surface area contributed by atoms with Gasteiger partial charge in [-0.2, -0.15) is 4.98 Å². The Balaban J connectivity index is 1.35. The maximum absolute atomic E-state index is 12.9. The first kappa shape index (κ1) is 21.6. The largest absolute Gasteiger partial charge is 0.341 e. The summed E-state index contributed by atoms with van der Waals surface area (Å²) in [6, 6.07) is 5.87. The van der Waals surface area contributed by atoms with Gasteiger partial charge in [0.2, 0.25) is 11.9 Å². The summed E-state index contributed by atoms with van der Waals surface area (Å²) in [6.45, 7) is 2.10. The highest BCUT2D eigenvalue weighted by Crippen LogP contribution is 2.34. The highest BCUT2D eigenvalue weighted by Gasteiger charge is 2.27. The number of carbonyl (C=O) groups excluding carboxylic acids is 2. The summed E-state index contributed by atoms with van der Waals surface area (Å²) < 4.78 is 0. The van der Waals surface area contributed by atoms with E-state index in [4.69, 9.17) is 4.98 Å². The van der Waals surface area contributed by atoms with Crippen LogP contribution >= 0.6 is 0 Å². The number of carbonyl (C=O) groups is 2. The molecule has 2 aromatic rings. The normalized spacial score (nSPS) is 19.2. The van der Waals surface area contributed by atoms with E-state index in [1.165, 1.54) is 0 Å². The van der Waals surface area contributed by atoms with Crippen LogP contribution in [0, 0.1) is 5.92 Å². The molecule has 2 aliphatic heterocycles. The number of amides is 2. The second kappa shape index (κ2) is 8.97. The molecule has 0 atom stereocenters. The molecule has 33 heavy (non-hydrogen) atoms. The van der Waals surface area contributed by atoms with E-state index in [0.717, 1.165) is 57.3 Å². The van der Waals surface area contributed by atoms with Crippen LogP contribution in [-0.4, -0.2) is 59.9 Å². The van der Waals surface area contributed by atoms with Gasteiger partial charge < -0.3 is 25.8 Å². The van der Waals surface area contributed by atoms with Gasteiger partial charge in [-0.3, -0.25) is 9.59 Å². The molecule has 174 valence electrons. The first-order chi connectivity index (χ1) is 16.0. The van der Waals surface area contributed by atoms with Crippen molar-refractivity contribution < 1.29 is 9.59 Å². The van der Waals surface area contributed by atoms with Crippen LogP contribution in [0.2, 0.25) is 0 Å². The van der Waals surface area contributed by atoms with Crippen LogP contribution in [0.1, 0.15) is 48.9 Å². The number of aromatic nitrogens is 2. The van der Waals surface area contributed by atoms with Crippen LogP contribution in [0.25, 0.3) is 0 Å². The minimum absolute atomic E-state index is 0.0519. The number of nitrogens with one attached hydrogen (secondary N) is 3. The molecular weight excluding hydrogens is 418 g/mol. The van der Waals surface area contributed by atoms with Gasteiger partial charge in [-0.15, -0.1) is 0 Å². The van der Waals surface area contributed by atoms with E-state index in [9.17, 15) is 9.59 Å². The predicted octanol–water partition coefficient (Wildman–Crippen LogP) is 3.45. The van der Waals surface area contributed by atoms with Crippen molar-refractivity contribution >= 4 is 40.6 Å². The number of hydrogen-bond donors (Lipinski definition) is 3. The average Bonchev–Trinajstić information content (AvgIpc) is 3.31. The zero-order valence-electron chi connectivity index (χ0n) is 19.2. The monoisotopic (exact) mass is 449 g/mol. The third-order valence-corrected chi connectivity index (χ3v) is 7.09. The number of benzene rings is 1. The predicted molar refractivity (Wildman–Crippen MR) is 129 cm³/mol. The van der Waals surface area contributed by atoms with Gasteiger partial charge in [0, 0.05) is 30.9 Å². The van der Waals surface area contributed by atoms with Gasteiger partial charge in [-0.05, 0) is 64.0 Å².